The van der Waals surface area contributed by atoms with Gasteiger partial charge in [0.1, 0.15) is 5.82 Å². The molecule has 4 heteroatoms. The molecule has 2 rings (SSSR count). The monoisotopic (exact) mass is 221 g/mol. The summed E-state index contributed by atoms with van der Waals surface area (Å²) >= 11 is 0. The minimum Gasteiger partial charge on any atom is -0.347 e. The Labute approximate surface area is 96.1 Å². The molecule has 2 atom stereocenters. The second-order valence-corrected chi connectivity index (χ2v) is 4.74. The van der Waals surface area contributed by atoms with E-state index in [0.717, 1.165) is 12.2 Å². The van der Waals surface area contributed by atoms with Gasteiger partial charge in [-0.2, -0.15) is 0 Å². The van der Waals surface area contributed by atoms with Crippen LogP contribution in [0.2, 0.25) is 0 Å². The number of rotatable bonds is 3. The summed E-state index contributed by atoms with van der Waals surface area (Å²) in [5, 5.41) is 0. The molecule has 1 fully saturated rings. The topological polar surface area (TPSA) is 49.0 Å². The van der Waals surface area contributed by atoms with Gasteiger partial charge in [-0.25, -0.2) is 4.98 Å². The Morgan fingerprint density at radius 1 is 1.62 bits per heavy atom. The predicted molar refractivity (Wildman–Crippen MR) is 61.6 cm³/mol. The number of carbonyl (C=O) groups is 1. The number of amides is 1. The van der Waals surface area contributed by atoms with E-state index in [-0.39, 0.29) is 11.8 Å². The lowest BCUT2D eigenvalue weighted by atomic mass is 9.97. The number of imidazole rings is 1. The molecule has 4 nitrogen and oxygen atoms in total. The van der Waals surface area contributed by atoms with Crippen molar-refractivity contribution in [3.63, 3.8) is 0 Å². The first-order chi connectivity index (χ1) is 7.68. The van der Waals surface area contributed by atoms with Crippen molar-refractivity contribution in [3.8, 4) is 0 Å². The molecule has 0 aromatic carbocycles. The molecule has 16 heavy (non-hydrogen) atoms. The average Bonchev–Trinajstić information content (AvgIpc) is 2.88. The van der Waals surface area contributed by atoms with Gasteiger partial charge in [-0.05, 0) is 18.8 Å². The van der Waals surface area contributed by atoms with Crippen LogP contribution in [0.5, 0.6) is 0 Å². The Morgan fingerprint density at radius 2 is 2.44 bits per heavy atom. The molecular formula is C12H19N3O. The minimum atomic E-state index is 0.222. The fourth-order valence-electron chi connectivity index (χ4n) is 2.48. The van der Waals surface area contributed by atoms with E-state index in [1.165, 1.54) is 12.8 Å². The second kappa shape index (κ2) is 4.68. The Balaban J connectivity index is 1.94. The lowest BCUT2D eigenvalue weighted by Crippen LogP contribution is -2.33. The van der Waals surface area contributed by atoms with E-state index < -0.39 is 0 Å². The fraction of sp³-hybridized carbons (Fsp3) is 0.667. The van der Waals surface area contributed by atoms with E-state index in [0.29, 0.717) is 12.5 Å². The van der Waals surface area contributed by atoms with Gasteiger partial charge in [0.05, 0.1) is 6.54 Å². The van der Waals surface area contributed by atoms with E-state index in [4.69, 9.17) is 0 Å². The number of hydrogen-bond acceptors (Lipinski definition) is 2. The highest BCUT2D eigenvalue weighted by Gasteiger charge is 2.31. The zero-order valence-electron chi connectivity index (χ0n) is 9.94. The smallest absolute Gasteiger partial charge is 0.226 e. The number of H-pyrrole nitrogens is 1. The third kappa shape index (κ3) is 2.26. The van der Waals surface area contributed by atoms with Gasteiger partial charge in [0.2, 0.25) is 5.91 Å². The Kier molecular flexibility index (Phi) is 3.27. The van der Waals surface area contributed by atoms with Crippen LogP contribution >= 0.6 is 0 Å². The van der Waals surface area contributed by atoms with Crippen molar-refractivity contribution in [3.05, 3.63) is 18.2 Å². The van der Waals surface area contributed by atoms with Gasteiger partial charge in [-0.1, -0.05) is 13.3 Å². The van der Waals surface area contributed by atoms with Crippen LogP contribution in [-0.4, -0.2) is 27.8 Å². The summed E-state index contributed by atoms with van der Waals surface area (Å²) < 4.78 is 0. The Hall–Kier alpha value is -1.32. The molecule has 0 aliphatic heterocycles. The molecule has 1 amide bonds. The van der Waals surface area contributed by atoms with Gasteiger partial charge < -0.3 is 9.88 Å². The Bertz CT molecular complexity index is 347. The zero-order valence-corrected chi connectivity index (χ0v) is 9.94. The largest absolute Gasteiger partial charge is 0.347 e. The first kappa shape index (κ1) is 11.2. The van der Waals surface area contributed by atoms with E-state index in [1.807, 2.05) is 7.05 Å². The molecule has 0 radical (unpaired) electrons. The van der Waals surface area contributed by atoms with Crippen LogP contribution in [0.4, 0.5) is 0 Å². The predicted octanol–water partition coefficient (Wildman–Crippen LogP) is 1.80. The minimum absolute atomic E-state index is 0.222. The molecule has 1 N–H and O–H groups in total. The summed E-state index contributed by atoms with van der Waals surface area (Å²) in [6.07, 6.45) is 6.91. The molecule has 1 heterocycles. The van der Waals surface area contributed by atoms with Crippen molar-refractivity contribution in [1.82, 2.24) is 14.9 Å². The van der Waals surface area contributed by atoms with E-state index in [9.17, 15) is 4.79 Å². The highest BCUT2D eigenvalue weighted by molar-refractivity contribution is 5.79. The fourth-order valence-corrected chi connectivity index (χ4v) is 2.48. The number of carbonyl (C=O) groups excluding carboxylic acids is 1. The quantitative estimate of drug-likeness (QED) is 0.846. The third-order valence-corrected chi connectivity index (χ3v) is 3.50. The van der Waals surface area contributed by atoms with Crippen LogP contribution in [0, 0.1) is 11.8 Å². The molecule has 88 valence electrons. The molecule has 1 saturated carbocycles. The van der Waals surface area contributed by atoms with E-state index in [2.05, 4.69) is 16.9 Å². The van der Waals surface area contributed by atoms with Crippen LogP contribution in [-0.2, 0) is 11.3 Å². The van der Waals surface area contributed by atoms with Crippen molar-refractivity contribution in [1.29, 1.82) is 0 Å². The second-order valence-electron chi connectivity index (χ2n) is 4.74. The van der Waals surface area contributed by atoms with Crippen molar-refractivity contribution >= 4 is 5.91 Å². The van der Waals surface area contributed by atoms with Crippen LogP contribution in [0.25, 0.3) is 0 Å². The lowest BCUT2D eigenvalue weighted by molar-refractivity contribution is -0.135. The summed E-state index contributed by atoms with van der Waals surface area (Å²) in [5.41, 5.74) is 0. The highest BCUT2D eigenvalue weighted by atomic mass is 16.2. The molecule has 1 aliphatic carbocycles. The van der Waals surface area contributed by atoms with Gasteiger partial charge in [-0.15, -0.1) is 0 Å². The maximum Gasteiger partial charge on any atom is 0.226 e. The number of nitrogens with one attached hydrogen (secondary N) is 1. The van der Waals surface area contributed by atoms with Crippen molar-refractivity contribution in [2.45, 2.75) is 32.7 Å². The van der Waals surface area contributed by atoms with Crippen LogP contribution in [0.1, 0.15) is 32.0 Å². The SMILES string of the molecule is CC1CCCC1C(=O)N(C)Cc1ncc[nH]1. The normalized spacial score (nSPS) is 24.6. The molecule has 0 spiro atoms. The summed E-state index contributed by atoms with van der Waals surface area (Å²) in [5.74, 6) is 1.87. The standard InChI is InChI=1S/C12H19N3O/c1-9-4-3-5-10(9)12(16)15(2)8-11-13-6-7-14-11/h6-7,9-10H,3-5,8H2,1-2H3,(H,13,14). The van der Waals surface area contributed by atoms with Gasteiger partial charge in [-0.3, -0.25) is 4.79 Å². The first-order valence-corrected chi connectivity index (χ1v) is 5.91. The lowest BCUT2D eigenvalue weighted by Gasteiger charge is -2.22. The van der Waals surface area contributed by atoms with E-state index >= 15 is 0 Å². The number of aromatic amines is 1. The average molecular weight is 221 g/mol. The highest BCUT2D eigenvalue weighted by Crippen LogP contribution is 2.32. The Morgan fingerprint density at radius 3 is 3.00 bits per heavy atom. The molecule has 1 aromatic rings. The number of aromatic nitrogens is 2. The first-order valence-electron chi connectivity index (χ1n) is 5.91. The summed E-state index contributed by atoms with van der Waals surface area (Å²) in [6.45, 7) is 2.76. The van der Waals surface area contributed by atoms with Gasteiger partial charge in [0.25, 0.3) is 0 Å². The number of hydrogen-bond donors (Lipinski definition) is 1. The van der Waals surface area contributed by atoms with Crippen LogP contribution in [0.15, 0.2) is 12.4 Å². The molecule has 2 unspecified atom stereocenters. The molecular weight excluding hydrogens is 202 g/mol. The van der Waals surface area contributed by atoms with Gasteiger partial charge >= 0.3 is 0 Å². The van der Waals surface area contributed by atoms with Crippen molar-refractivity contribution in [2.75, 3.05) is 7.05 Å². The van der Waals surface area contributed by atoms with Gasteiger partial charge in [0.15, 0.2) is 0 Å². The zero-order chi connectivity index (χ0) is 11.5. The van der Waals surface area contributed by atoms with E-state index in [1.54, 1.807) is 17.3 Å². The molecule has 1 aromatic heterocycles. The summed E-state index contributed by atoms with van der Waals surface area (Å²) in [7, 11) is 1.86. The third-order valence-electron chi connectivity index (χ3n) is 3.50. The maximum atomic E-state index is 12.2. The molecule has 0 saturated heterocycles. The molecule has 1 aliphatic rings. The van der Waals surface area contributed by atoms with Gasteiger partial charge in [0, 0.05) is 25.4 Å². The summed E-state index contributed by atoms with van der Waals surface area (Å²) in [4.78, 5) is 21.1. The number of nitrogens with zero attached hydrogens (tertiary/aromatic N) is 2. The van der Waals surface area contributed by atoms with Crippen molar-refractivity contribution in [2.24, 2.45) is 11.8 Å². The molecule has 0 bridgehead atoms. The maximum absolute atomic E-state index is 12.2. The van der Waals surface area contributed by atoms with Crippen LogP contribution < -0.4 is 0 Å². The van der Waals surface area contributed by atoms with Crippen molar-refractivity contribution < 1.29 is 4.79 Å². The van der Waals surface area contributed by atoms with Crippen LogP contribution in [0.3, 0.4) is 0 Å². The summed E-state index contributed by atoms with van der Waals surface area (Å²) in [6, 6.07) is 0.